The van der Waals surface area contributed by atoms with E-state index >= 15 is 0 Å². The number of hydrogen-bond acceptors (Lipinski definition) is 3. The smallest absolute Gasteiger partial charge is 0.277 e. The summed E-state index contributed by atoms with van der Waals surface area (Å²) in [6, 6.07) is 17.0. The van der Waals surface area contributed by atoms with Gasteiger partial charge in [0.1, 0.15) is 6.54 Å². The molecule has 0 spiro atoms. The number of carbonyl (C=O) groups excluding carboxylic acids is 1. The third-order valence-electron chi connectivity index (χ3n) is 5.58. The van der Waals surface area contributed by atoms with E-state index in [1.807, 2.05) is 7.05 Å². The van der Waals surface area contributed by atoms with Gasteiger partial charge in [-0.25, -0.2) is 8.42 Å². The zero-order chi connectivity index (χ0) is 21.7. The second kappa shape index (κ2) is 9.73. The van der Waals surface area contributed by atoms with Crippen LogP contribution < -0.4 is 4.90 Å². The molecule has 6 nitrogen and oxygen atoms in total. The molecule has 1 fully saturated rings. The van der Waals surface area contributed by atoms with Gasteiger partial charge in [-0.3, -0.25) is 4.79 Å². The van der Waals surface area contributed by atoms with E-state index < -0.39 is 10.0 Å². The van der Waals surface area contributed by atoms with Crippen molar-refractivity contribution in [2.24, 2.45) is 0 Å². The largest absolute Gasteiger partial charge is 0.335 e. The first kappa shape index (κ1) is 22.5. The average molecular weight is 431 g/mol. The SMILES string of the molecule is CC(C)c1ccc(C[NH+](C)CC(=O)N2CCN(S(=O)(=O)c3ccccc3)CC2)cc1. The topological polar surface area (TPSA) is 62.1 Å². The summed E-state index contributed by atoms with van der Waals surface area (Å²) in [5.41, 5.74) is 2.53. The van der Waals surface area contributed by atoms with E-state index in [1.165, 1.54) is 15.4 Å². The molecule has 1 saturated heterocycles. The van der Waals surface area contributed by atoms with Crippen LogP contribution in [0.1, 0.15) is 30.9 Å². The molecule has 0 aromatic heterocycles. The van der Waals surface area contributed by atoms with E-state index in [1.54, 1.807) is 35.2 Å². The van der Waals surface area contributed by atoms with E-state index in [2.05, 4.69) is 38.1 Å². The van der Waals surface area contributed by atoms with Crippen LogP contribution in [0.4, 0.5) is 0 Å². The minimum Gasteiger partial charge on any atom is -0.335 e. The molecule has 1 aliphatic heterocycles. The molecule has 2 aromatic carbocycles. The van der Waals surface area contributed by atoms with Crippen molar-refractivity contribution in [1.29, 1.82) is 0 Å². The fraction of sp³-hybridized carbons (Fsp3) is 0.435. The highest BCUT2D eigenvalue weighted by atomic mass is 32.2. The highest BCUT2D eigenvalue weighted by Crippen LogP contribution is 2.17. The standard InChI is InChI=1S/C23H31N3O3S/c1-19(2)21-11-9-20(10-12-21)17-24(3)18-23(27)25-13-15-26(16-14-25)30(28,29)22-7-5-4-6-8-22/h4-12,19H,13-18H2,1-3H3/p+1. The number of amides is 1. The lowest BCUT2D eigenvalue weighted by Crippen LogP contribution is -3.09. The molecule has 0 radical (unpaired) electrons. The van der Waals surface area contributed by atoms with Crippen LogP contribution in [0.15, 0.2) is 59.5 Å². The van der Waals surface area contributed by atoms with E-state index in [0.717, 1.165) is 11.4 Å². The molecule has 0 bridgehead atoms. The minimum atomic E-state index is -3.49. The molecule has 3 rings (SSSR count). The molecule has 30 heavy (non-hydrogen) atoms. The van der Waals surface area contributed by atoms with Crippen molar-refractivity contribution in [3.05, 3.63) is 65.7 Å². The van der Waals surface area contributed by atoms with Crippen molar-refractivity contribution in [2.75, 3.05) is 39.8 Å². The fourth-order valence-corrected chi connectivity index (χ4v) is 5.16. The van der Waals surface area contributed by atoms with Gasteiger partial charge < -0.3 is 9.80 Å². The van der Waals surface area contributed by atoms with Crippen LogP contribution in [-0.4, -0.2) is 63.3 Å². The number of benzene rings is 2. The molecule has 1 amide bonds. The Bertz CT molecular complexity index is 935. The van der Waals surface area contributed by atoms with Crippen LogP contribution in [0.5, 0.6) is 0 Å². The fourth-order valence-electron chi connectivity index (χ4n) is 3.72. The summed E-state index contributed by atoms with van der Waals surface area (Å²) in [6.07, 6.45) is 0. The van der Waals surface area contributed by atoms with E-state index in [9.17, 15) is 13.2 Å². The highest BCUT2D eigenvalue weighted by Gasteiger charge is 2.30. The van der Waals surface area contributed by atoms with Crippen molar-refractivity contribution in [3.63, 3.8) is 0 Å². The lowest BCUT2D eigenvalue weighted by molar-refractivity contribution is -0.885. The Hall–Kier alpha value is -2.22. The predicted molar refractivity (Wildman–Crippen MR) is 118 cm³/mol. The molecule has 1 heterocycles. The number of hydrogen-bond donors (Lipinski definition) is 1. The van der Waals surface area contributed by atoms with Gasteiger partial charge in [0.15, 0.2) is 6.54 Å². The van der Waals surface area contributed by atoms with Crippen LogP contribution in [0.3, 0.4) is 0 Å². The van der Waals surface area contributed by atoms with Crippen molar-refractivity contribution in [1.82, 2.24) is 9.21 Å². The van der Waals surface area contributed by atoms with Crippen molar-refractivity contribution >= 4 is 15.9 Å². The number of sulfonamides is 1. The minimum absolute atomic E-state index is 0.0723. The van der Waals surface area contributed by atoms with Crippen molar-refractivity contribution in [2.45, 2.75) is 31.2 Å². The number of carbonyl (C=O) groups is 1. The van der Waals surface area contributed by atoms with Crippen LogP contribution in [0, 0.1) is 0 Å². The summed E-state index contributed by atoms with van der Waals surface area (Å²) >= 11 is 0. The van der Waals surface area contributed by atoms with Gasteiger partial charge in [0, 0.05) is 31.7 Å². The van der Waals surface area contributed by atoms with Gasteiger partial charge in [-0.1, -0.05) is 56.3 Å². The average Bonchev–Trinajstić information content (AvgIpc) is 2.74. The van der Waals surface area contributed by atoms with Gasteiger partial charge in [0.25, 0.3) is 5.91 Å². The second-order valence-corrected chi connectivity index (χ2v) is 10.2. The van der Waals surface area contributed by atoms with Gasteiger partial charge in [0.05, 0.1) is 11.9 Å². The Morgan fingerprint density at radius 2 is 1.57 bits per heavy atom. The van der Waals surface area contributed by atoms with Crippen LogP contribution in [0.25, 0.3) is 0 Å². The van der Waals surface area contributed by atoms with Crippen LogP contribution >= 0.6 is 0 Å². The Balaban J connectivity index is 1.50. The summed E-state index contributed by atoms with van der Waals surface area (Å²) in [5, 5.41) is 0. The first-order chi connectivity index (χ1) is 14.3. The third-order valence-corrected chi connectivity index (χ3v) is 7.49. The Morgan fingerprint density at radius 1 is 0.967 bits per heavy atom. The number of rotatable bonds is 7. The van der Waals surface area contributed by atoms with Crippen molar-refractivity contribution in [3.8, 4) is 0 Å². The Labute approximate surface area is 180 Å². The molecule has 162 valence electrons. The molecular weight excluding hydrogens is 398 g/mol. The molecule has 1 unspecified atom stereocenters. The van der Waals surface area contributed by atoms with Crippen LogP contribution in [0.2, 0.25) is 0 Å². The summed E-state index contributed by atoms with van der Waals surface area (Å²) in [4.78, 5) is 15.9. The molecule has 0 aliphatic carbocycles. The van der Waals surface area contributed by atoms with E-state index in [0.29, 0.717) is 43.5 Å². The quantitative estimate of drug-likeness (QED) is 0.722. The predicted octanol–water partition coefficient (Wildman–Crippen LogP) is 1.36. The first-order valence-corrected chi connectivity index (χ1v) is 11.9. The zero-order valence-electron chi connectivity index (χ0n) is 18.0. The number of piperazine rings is 1. The summed E-state index contributed by atoms with van der Waals surface area (Å²) in [6.45, 7) is 7.06. The van der Waals surface area contributed by atoms with Gasteiger partial charge in [0.2, 0.25) is 10.0 Å². The Kier molecular flexibility index (Phi) is 7.28. The van der Waals surface area contributed by atoms with Gasteiger partial charge in [-0.15, -0.1) is 0 Å². The lowest BCUT2D eigenvalue weighted by atomic mass is 10.0. The molecule has 1 N–H and O–H groups in total. The van der Waals surface area contributed by atoms with E-state index in [-0.39, 0.29) is 5.91 Å². The number of nitrogens with zero attached hydrogens (tertiary/aromatic N) is 2. The normalized spacial score (nSPS) is 16.6. The summed E-state index contributed by atoms with van der Waals surface area (Å²) in [7, 11) is -1.48. The summed E-state index contributed by atoms with van der Waals surface area (Å²) < 4.78 is 26.9. The molecular formula is C23H32N3O3S+. The lowest BCUT2D eigenvalue weighted by Gasteiger charge is -2.34. The molecule has 1 aliphatic rings. The third kappa shape index (κ3) is 5.47. The summed E-state index contributed by atoms with van der Waals surface area (Å²) in [5.74, 6) is 0.582. The van der Waals surface area contributed by atoms with Gasteiger partial charge >= 0.3 is 0 Å². The Morgan fingerprint density at radius 3 is 2.13 bits per heavy atom. The maximum absolute atomic E-state index is 12.7. The molecule has 1 atom stereocenters. The number of quaternary nitrogens is 1. The number of nitrogens with one attached hydrogen (secondary N) is 1. The maximum atomic E-state index is 12.7. The highest BCUT2D eigenvalue weighted by molar-refractivity contribution is 7.89. The molecule has 7 heteroatoms. The number of likely N-dealkylation sites (N-methyl/N-ethyl adjacent to an activating group) is 1. The molecule has 2 aromatic rings. The second-order valence-electron chi connectivity index (χ2n) is 8.30. The monoisotopic (exact) mass is 430 g/mol. The van der Waals surface area contributed by atoms with Crippen LogP contribution in [-0.2, 0) is 21.4 Å². The first-order valence-electron chi connectivity index (χ1n) is 10.5. The zero-order valence-corrected chi connectivity index (χ0v) is 18.9. The molecule has 0 saturated carbocycles. The van der Waals surface area contributed by atoms with Gasteiger partial charge in [-0.2, -0.15) is 4.31 Å². The van der Waals surface area contributed by atoms with Crippen molar-refractivity contribution < 1.29 is 18.1 Å². The van der Waals surface area contributed by atoms with E-state index in [4.69, 9.17) is 0 Å². The maximum Gasteiger partial charge on any atom is 0.277 e. The van der Waals surface area contributed by atoms with Gasteiger partial charge in [-0.05, 0) is 23.6 Å².